The lowest BCUT2D eigenvalue weighted by molar-refractivity contribution is -0.152. The van der Waals surface area contributed by atoms with Crippen LogP contribution in [0.3, 0.4) is 0 Å². The van der Waals surface area contributed by atoms with Gasteiger partial charge >= 0.3 is 5.97 Å². The van der Waals surface area contributed by atoms with E-state index in [1.165, 1.54) is 18.1 Å². The van der Waals surface area contributed by atoms with Gasteiger partial charge in [0.2, 0.25) is 5.91 Å². The first-order valence-corrected chi connectivity index (χ1v) is 7.76. The van der Waals surface area contributed by atoms with Gasteiger partial charge in [-0.3, -0.25) is 4.79 Å². The summed E-state index contributed by atoms with van der Waals surface area (Å²) in [6.45, 7) is 8.61. The molecule has 0 unspecified atom stereocenters. The molecule has 2 rings (SSSR count). The Labute approximate surface area is 126 Å². The minimum Gasteiger partial charge on any atom is -0.460 e. The van der Waals surface area contributed by atoms with Gasteiger partial charge in [0, 0.05) is 13.5 Å². The minimum absolute atomic E-state index is 0.0457. The topological polar surface area (TPSA) is 46.6 Å². The van der Waals surface area contributed by atoms with Crippen molar-refractivity contribution < 1.29 is 14.3 Å². The lowest BCUT2D eigenvalue weighted by Gasteiger charge is -2.24. The van der Waals surface area contributed by atoms with E-state index in [9.17, 15) is 9.59 Å². The third-order valence-corrected chi connectivity index (χ3v) is 4.53. The zero-order chi connectivity index (χ0) is 15.4. The number of ether oxygens (including phenoxy) is 1. The van der Waals surface area contributed by atoms with E-state index in [1.54, 1.807) is 4.90 Å². The Morgan fingerprint density at radius 2 is 2.14 bits per heavy atom. The zero-order valence-electron chi connectivity index (χ0n) is 13.1. The van der Waals surface area contributed by atoms with Gasteiger partial charge in [-0.25, -0.2) is 4.79 Å². The molecule has 0 N–H and O–H groups in total. The van der Waals surface area contributed by atoms with Crippen LogP contribution in [0.4, 0.5) is 0 Å². The number of allylic oxidation sites excluding steroid dienone is 2. The van der Waals surface area contributed by atoms with Crippen LogP contribution < -0.4 is 0 Å². The molecule has 0 saturated carbocycles. The Kier molecular flexibility index (Phi) is 5.21. The number of hydrogen-bond acceptors (Lipinski definition) is 3. The largest absolute Gasteiger partial charge is 0.460 e. The highest BCUT2D eigenvalue weighted by Gasteiger charge is 2.33. The van der Waals surface area contributed by atoms with E-state index in [-0.39, 0.29) is 17.9 Å². The smallest absolute Gasteiger partial charge is 0.329 e. The third kappa shape index (κ3) is 3.96. The van der Waals surface area contributed by atoms with Crippen LogP contribution in [0.15, 0.2) is 23.8 Å². The molecule has 0 aromatic carbocycles. The number of carbonyl (C=O) groups excluding carboxylic acids is 2. The molecule has 1 saturated heterocycles. The SMILES string of the molecule is C=C(C)[C@@H]1CC=C(COC(=O)[C@@H]2CCCN2C(C)=O)CC1. The zero-order valence-corrected chi connectivity index (χ0v) is 13.1. The molecular weight excluding hydrogens is 266 g/mol. The van der Waals surface area contributed by atoms with Gasteiger partial charge in [-0.15, -0.1) is 0 Å². The molecule has 2 atom stereocenters. The Balaban J connectivity index is 1.82. The molecule has 21 heavy (non-hydrogen) atoms. The first kappa shape index (κ1) is 15.8. The van der Waals surface area contributed by atoms with Gasteiger partial charge < -0.3 is 9.64 Å². The summed E-state index contributed by atoms with van der Waals surface area (Å²) >= 11 is 0. The maximum Gasteiger partial charge on any atom is 0.329 e. The van der Waals surface area contributed by atoms with Crippen molar-refractivity contribution in [1.82, 2.24) is 4.90 Å². The lowest BCUT2D eigenvalue weighted by Crippen LogP contribution is -2.40. The van der Waals surface area contributed by atoms with E-state index >= 15 is 0 Å². The molecule has 0 radical (unpaired) electrons. The molecule has 1 heterocycles. The fourth-order valence-corrected chi connectivity index (χ4v) is 3.12. The molecule has 1 aliphatic carbocycles. The third-order valence-electron chi connectivity index (χ3n) is 4.53. The molecule has 1 aliphatic heterocycles. The predicted molar refractivity (Wildman–Crippen MR) is 81.6 cm³/mol. The summed E-state index contributed by atoms with van der Waals surface area (Å²) in [5.41, 5.74) is 2.42. The van der Waals surface area contributed by atoms with Gasteiger partial charge in [0.15, 0.2) is 0 Å². The molecule has 2 aliphatic rings. The van der Waals surface area contributed by atoms with Gasteiger partial charge in [-0.1, -0.05) is 18.2 Å². The minimum atomic E-state index is -0.380. The normalized spacial score (nSPS) is 25.4. The van der Waals surface area contributed by atoms with E-state index in [0.29, 0.717) is 19.1 Å². The Morgan fingerprint density at radius 3 is 2.71 bits per heavy atom. The highest BCUT2D eigenvalue weighted by Crippen LogP contribution is 2.28. The molecule has 0 aromatic heterocycles. The van der Waals surface area contributed by atoms with Crippen LogP contribution in [0.1, 0.15) is 46.0 Å². The number of amides is 1. The summed E-state index contributed by atoms with van der Waals surface area (Å²) in [5.74, 6) is 0.258. The van der Waals surface area contributed by atoms with Crippen LogP contribution >= 0.6 is 0 Å². The first-order valence-electron chi connectivity index (χ1n) is 7.76. The second kappa shape index (κ2) is 6.92. The maximum absolute atomic E-state index is 12.1. The van der Waals surface area contributed by atoms with Crippen molar-refractivity contribution in [2.45, 2.75) is 52.0 Å². The van der Waals surface area contributed by atoms with Crippen LogP contribution in [-0.2, 0) is 14.3 Å². The molecule has 0 bridgehead atoms. The summed E-state index contributed by atoms with van der Waals surface area (Å²) in [7, 11) is 0. The lowest BCUT2D eigenvalue weighted by atomic mass is 9.86. The van der Waals surface area contributed by atoms with Crippen molar-refractivity contribution in [2.24, 2.45) is 5.92 Å². The number of rotatable bonds is 4. The Bertz CT molecular complexity index is 467. The number of carbonyl (C=O) groups is 2. The Morgan fingerprint density at radius 1 is 1.38 bits per heavy atom. The van der Waals surface area contributed by atoms with E-state index in [2.05, 4.69) is 19.6 Å². The summed E-state index contributed by atoms with van der Waals surface area (Å²) in [4.78, 5) is 25.2. The van der Waals surface area contributed by atoms with E-state index in [4.69, 9.17) is 4.74 Å². The van der Waals surface area contributed by atoms with Crippen molar-refractivity contribution in [3.63, 3.8) is 0 Å². The Hall–Kier alpha value is -1.58. The molecule has 0 spiro atoms. The van der Waals surface area contributed by atoms with E-state index in [1.807, 2.05) is 0 Å². The van der Waals surface area contributed by atoms with Crippen LogP contribution in [-0.4, -0.2) is 36.0 Å². The standard InChI is InChI=1S/C17H25NO3/c1-12(2)15-8-6-14(7-9-15)11-21-17(20)16-5-4-10-18(16)13(3)19/h6,15-16H,1,4-5,7-11H2,2-3H3/t15-,16+/m1/s1. The van der Waals surface area contributed by atoms with Crippen LogP contribution in [0, 0.1) is 5.92 Å². The quantitative estimate of drug-likeness (QED) is 0.591. The van der Waals surface area contributed by atoms with Crippen molar-refractivity contribution >= 4 is 11.9 Å². The van der Waals surface area contributed by atoms with Gasteiger partial charge in [0.05, 0.1) is 0 Å². The molecule has 1 amide bonds. The first-order chi connectivity index (χ1) is 9.99. The molecule has 0 aromatic rings. The van der Waals surface area contributed by atoms with Crippen molar-refractivity contribution in [3.8, 4) is 0 Å². The van der Waals surface area contributed by atoms with Crippen LogP contribution in [0.5, 0.6) is 0 Å². The highest BCUT2D eigenvalue weighted by molar-refractivity contribution is 5.84. The van der Waals surface area contributed by atoms with E-state index in [0.717, 1.165) is 32.1 Å². The maximum atomic E-state index is 12.1. The summed E-state index contributed by atoms with van der Waals surface area (Å²) < 4.78 is 5.42. The monoisotopic (exact) mass is 291 g/mol. The van der Waals surface area contributed by atoms with Gasteiger partial charge in [-0.05, 0) is 50.5 Å². The van der Waals surface area contributed by atoms with Crippen LogP contribution in [0.25, 0.3) is 0 Å². The van der Waals surface area contributed by atoms with Crippen LogP contribution in [0.2, 0.25) is 0 Å². The summed E-state index contributed by atoms with van der Waals surface area (Å²) in [6.07, 6.45) is 6.81. The van der Waals surface area contributed by atoms with Gasteiger partial charge in [0.1, 0.15) is 12.6 Å². The fraction of sp³-hybridized carbons (Fsp3) is 0.647. The second-order valence-electron chi connectivity index (χ2n) is 6.16. The number of likely N-dealkylation sites (tertiary alicyclic amines) is 1. The summed E-state index contributed by atoms with van der Waals surface area (Å²) in [6, 6.07) is -0.380. The molecule has 1 fully saturated rings. The number of nitrogens with zero attached hydrogens (tertiary/aromatic N) is 1. The average molecular weight is 291 g/mol. The van der Waals surface area contributed by atoms with Crippen molar-refractivity contribution in [3.05, 3.63) is 23.8 Å². The summed E-state index contributed by atoms with van der Waals surface area (Å²) in [5, 5.41) is 0. The van der Waals surface area contributed by atoms with Gasteiger partial charge in [0.25, 0.3) is 0 Å². The average Bonchev–Trinajstić information content (AvgIpc) is 2.95. The molecule has 4 nitrogen and oxygen atoms in total. The van der Waals surface area contributed by atoms with Gasteiger partial charge in [-0.2, -0.15) is 0 Å². The highest BCUT2D eigenvalue weighted by atomic mass is 16.5. The number of hydrogen-bond donors (Lipinski definition) is 0. The van der Waals surface area contributed by atoms with E-state index < -0.39 is 0 Å². The van der Waals surface area contributed by atoms with Crippen molar-refractivity contribution in [2.75, 3.05) is 13.2 Å². The van der Waals surface area contributed by atoms with Crippen molar-refractivity contribution in [1.29, 1.82) is 0 Å². The number of esters is 1. The predicted octanol–water partition coefficient (Wildman–Crippen LogP) is 2.84. The molecule has 116 valence electrons. The molecular formula is C17H25NO3. The second-order valence-corrected chi connectivity index (χ2v) is 6.16. The molecule has 4 heteroatoms. The fourth-order valence-electron chi connectivity index (χ4n) is 3.12.